The molecule has 0 radical (unpaired) electrons. The molecule has 1 fully saturated rings. The molecule has 0 bridgehead atoms. The van der Waals surface area contributed by atoms with E-state index in [1.165, 1.54) is 11.3 Å². The Balaban J connectivity index is 2.08. The minimum absolute atomic E-state index is 0.152. The van der Waals surface area contributed by atoms with Crippen LogP contribution in [0.1, 0.15) is 33.3 Å². The molecular formula is C17H26N2O2. The second-order valence-electron chi connectivity index (χ2n) is 5.73. The van der Waals surface area contributed by atoms with E-state index in [0.717, 1.165) is 19.5 Å². The highest BCUT2D eigenvalue weighted by Gasteiger charge is 2.33. The Morgan fingerprint density at radius 3 is 2.19 bits per heavy atom. The van der Waals surface area contributed by atoms with Gasteiger partial charge in [-0.25, -0.2) is 4.79 Å². The molecule has 21 heavy (non-hydrogen) atoms. The number of anilines is 1. The molecule has 1 amide bonds. The standard InChI is InChI=1S/C17H26N2O2/c1-5-15-7-9-16(10-8-15)18-11-13(3)19(14(4)12-18)17(20)21-6-2/h7-10,13-14H,5-6,11-12H2,1-4H3. The lowest BCUT2D eigenvalue weighted by Gasteiger charge is -2.44. The number of hydrogen-bond donors (Lipinski definition) is 0. The average Bonchev–Trinajstić information content (AvgIpc) is 2.47. The van der Waals surface area contributed by atoms with Gasteiger partial charge in [0.15, 0.2) is 0 Å². The van der Waals surface area contributed by atoms with Gasteiger partial charge in [0.2, 0.25) is 0 Å². The third-order valence-electron chi connectivity index (χ3n) is 4.11. The summed E-state index contributed by atoms with van der Waals surface area (Å²) in [6.07, 6.45) is 0.863. The fraction of sp³-hybridized carbons (Fsp3) is 0.588. The van der Waals surface area contributed by atoms with Crippen LogP contribution in [-0.2, 0) is 11.2 Å². The van der Waals surface area contributed by atoms with Crippen molar-refractivity contribution in [2.24, 2.45) is 0 Å². The summed E-state index contributed by atoms with van der Waals surface area (Å²) in [4.78, 5) is 16.2. The van der Waals surface area contributed by atoms with E-state index in [0.29, 0.717) is 6.61 Å². The summed E-state index contributed by atoms with van der Waals surface area (Å²) in [6.45, 7) is 10.3. The van der Waals surface area contributed by atoms with Crippen LogP contribution in [0, 0.1) is 0 Å². The van der Waals surface area contributed by atoms with Gasteiger partial charge < -0.3 is 9.64 Å². The highest BCUT2D eigenvalue weighted by molar-refractivity contribution is 5.69. The number of benzene rings is 1. The molecule has 0 aliphatic carbocycles. The number of piperazine rings is 1. The molecular weight excluding hydrogens is 264 g/mol. The molecule has 1 aromatic carbocycles. The number of carbonyl (C=O) groups is 1. The molecule has 0 aromatic heterocycles. The lowest BCUT2D eigenvalue weighted by Crippen LogP contribution is -2.58. The van der Waals surface area contributed by atoms with E-state index in [1.54, 1.807) is 0 Å². The number of nitrogens with zero attached hydrogens (tertiary/aromatic N) is 2. The molecule has 2 unspecified atom stereocenters. The van der Waals surface area contributed by atoms with Crippen molar-refractivity contribution in [1.82, 2.24) is 4.90 Å². The first-order valence-corrected chi connectivity index (χ1v) is 7.85. The lowest BCUT2D eigenvalue weighted by molar-refractivity contribution is 0.0698. The van der Waals surface area contributed by atoms with Gasteiger partial charge in [-0.05, 0) is 44.9 Å². The fourth-order valence-corrected chi connectivity index (χ4v) is 3.03. The summed E-state index contributed by atoms with van der Waals surface area (Å²) in [5.74, 6) is 0. The Labute approximate surface area is 127 Å². The summed E-state index contributed by atoms with van der Waals surface area (Å²) >= 11 is 0. The molecule has 0 spiro atoms. The predicted octanol–water partition coefficient (Wildman–Crippen LogP) is 3.30. The summed E-state index contributed by atoms with van der Waals surface area (Å²) < 4.78 is 5.16. The molecule has 2 rings (SSSR count). The Hall–Kier alpha value is -1.71. The quantitative estimate of drug-likeness (QED) is 0.856. The van der Waals surface area contributed by atoms with Gasteiger partial charge in [-0.3, -0.25) is 4.90 Å². The van der Waals surface area contributed by atoms with E-state index in [2.05, 4.69) is 49.9 Å². The van der Waals surface area contributed by atoms with Crippen LogP contribution in [-0.4, -0.2) is 42.8 Å². The van der Waals surface area contributed by atoms with E-state index < -0.39 is 0 Å². The minimum atomic E-state index is -0.196. The van der Waals surface area contributed by atoms with Gasteiger partial charge in [-0.2, -0.15) is 0 Å². The van der Waals surface area contributed by atoms with Crippen LogP contribution in [0.25, 0.3) is 0 Å². The smallest absolute Gasteiger partial charge is 0.410 e. The van der Waals surface area contributed by atoms with E-state index in [-0.39, 0.29) is 18.2 Å². The van der Waals surface area contributed by atoms with Crippen LogP contribution in [0.4, 0.5) is 10.5 Å². The maximum atomic E-state index is 12.0. The molecule has 2 atom stereocenters. The van der Waals surface area contributed by atoms with E-state index in [4.69, 9.17) is 4.74 Å². The zero-order valence-electron chi connectivity index (χ0n) is 13.5. The molecule has 1 heterocycles. The van der Waals surface area contributed by atoms with Crippen LogP contribution in [0.15, 0.2) is 24.3 Å². The van der Waals surface area contributed by atoms with Crippen molar-refractivity contribution >= 4 is 11.8 Å². The van der Waals surface area contributed by atoms with Gasteiger partial charge in [-0.15, -0.1) is 0 Å². The van der Waals surface area contributed by atoms with E-state index in [1.807, 2.05) is 11.8 Å². The summed E-state index contributed by atoms with van der Waals surface area (Å²) in [5.41, 5.74) is 2.58. The molecule has 4 nitrogen and oxygen atoms in total. The lowest BCUT2D eigenvalue weighted by atomic mass is 10.1. The first-order chi connectivity index (χ1) is 10.1. The molecule has 0 saturated carbocycles. The summed E-state index contributed by atoms with van der Waals surface area (Å²) in [7, 11) is 0. The summed E-state index contributed by atoms with van der Waals surface area (Å²) in [5, 5.41) is 0. The number of amides is 1. The van der Waals surface area contributed by atoms with Crippen LogP contribution in [0.5, 0.6) is 0 Å². The summed E-state index contributed by atoms with van der Waals surface area (Å²) in [6, 6.07) is 9.03. The van der Waals surface area contributed by atoms with Crippen molar-refractivity contribution in [2.75, 3.05) is 24.6 Å². The normalized spacial score (nSPS) is 22.3. The van der Waals surface area contributed by atoms with Crippen molar-refractivity contribution < 1.29 is 9.53 Å². The molecule has 1 saturated heterocycles. The van der Waals surface area contributed by atoms with Gasteiger partial charge in [0.1, 0.15) is 0 Å². The van der Waals surface area contributed by atoms with Crippen molar-refractivity contribution in [2.45, 2.75) is 46.2 Å². The third kappa shape index (κ3) is 3.49. The van der Waals surface area contributed by atoms with Gasteiger partial charge in [0.05, 0.1) is 18.7 Å². The first-order valence-electron chi connectivity index (χ1n) is 7.85. The van der Waals surface area contributed by atoms with Crippen molar-refractivity contribution in [3.05, 3.63) is 29.8 Å². The molecule has 1 aliphatic rings. The van der Waals surface area contributed by atoms with Crippen molar-refractivity contribution in [1.29, 1.82) is 0 Å². The first kappa shape index (κ1) is 15.7. The van der Waals surface area contributed by atoms with Gasteiger partial charge in [0.25, 0.3) is 0 Å². The predicted molar refractivity (Wildman–Crippen MR) is 85.8 cm³/mol. The monoisotopic (exact) mass is 290 g/mol. The van der Waals surface area contributed by atoms with Crippen LogP contribution in [0.3, 0.4) is 0 Å². The third-order valence-corrected chi connectivity index (χ3v) is 4.11. The average molecular weight is 290 g/mol. The maximum absolute atomic E-state index is 12.0. The Morgan fingerprint density at radius 1 is 1.14 bits per heavy atom. The highest BCUT2D eigenvalue weighted by Crippen LogP contribution is 2.23. The minimum Gasteiger partial charge on any atom is -0.450 e. The number of carbonyl (C=O) groups excluding carboxylic acids is 1. The maximum Gasteiger partial charge on any atom is 0.410 e. The zero-order chi connectivity index (χ0) is 15.4. The zero-order valence-corrected chi connectivity index (χ0v) is 13.5. The number of hydrogen-bond acceptors (Lipinski definition) is 3. The van der Waals surface area contributed by atoms with E-state index in [9.17, 15) is 4.79 Å². The fourth-order valence-electron chi connectivity index (χ4n) is 3.03. The van der Waals surface area contributed by atoms with Crippen LogP contribution < -0.4 is 4.90 Å². The Kier molecular flexibility index (Phi) is 5.10. The SMILES string of the molecule is CCOC(=O)N1C(C)CN(c2ccc(CC)cc2)CC1C. The van der Waals surface area contributed by atoms with E-state index >= 15 is 0 Å². The second kappa shape index (κ2) is 6.83. The Morgan fingerprint density at radius 2 is 1.71 bits per heavy atom. The molecule has 1 aromatic rings. The molecule has 4 heteroatoms. The second-order valence-corrected chi connectivity index (χ2v) is 5.73. The number of aryl methyl sites for hydroxylation is 1. The number of rotatable bonds is 3. The molecule has 0 N–H and O–H groups in total. The van der Waals surface area contributed by atoms with Crippen LogP contribution in [0.2, 0.25) is 0 Å². The van der Waals surface area contributed by atoms with Gasteiger partial charge >= 0.3 is 6.09 Å². The highest BCUT2D eigenvalue weighted by atomic mass is 16.6. The Bertz CT molecular complexity index is 460. The van der Waals surface area contributed by atoms with Crippen molar-refractivity contribution in [3.8, 4) is 0 Å². The topological polar surface area (TPSA) is 32.8 Å². The molecule has 1 aliphatic heterocycles. The number of ether oxygens (including phenoxy) is 1. The molecule has 116 valence electrons. The van der Waals surface area contributed by atoms with Gasteiger partial charge in [-0.1, -0.05) is 19.1 Å². The van der Waals surface area contributed by atoms with Crippen LogP contribution >= 0.6 is 0 Å². The van der Waals surface area contributed by atoms with Crippen molar-refractivity contribution in [3.63, 3.8) is 0 Å². The van der Waals surface area contributed by atoms with Gasteiger partial charge in [0, 0.05) is 18.8 Å². The largest absolute Gasteiger partial charge is 0.450 e.